The van der Waals surface area contributed by atoms with Crippen molar-refractivity contribution in [1.29, 1.82) is 0 Å². The third-order valence-electron chi connectivity index (χ3n) is 6.23. The Bertz CT molecular complexity index is 1200. The fourth-order valence-corrected chi connectivity index (χ4v) is 5.06. The molecule has 1 unspecified atom stereocenters. The highest BCUT2D eigenvalue weighted by Gasteiger charge is 2.21. The van der Waals surface area contributed by atoms with Gasteiger partial charge in [-0.25, -0.2) is 4.98 Å². The zero-order chi connectivity index (χ0) is 23.4. The lowest BCUT2D eigenvalue weighted by Gasteiger charge is -2.26. The predicted octanol–water partition coefficient (Wildman–Crippen LogP) is 4.10. The van der Waals surface area contributed by atoms with Crippen molar-refractivity contribution in [1.82, 2.24) is 14.5 Å². The average molecular weight is 466 g/mol. The second-order valence-corrected chi connectivity index (χ2v) is 9.91. The van der Waals surface area contributed by atoms with E-state index in [9.17, 15) is 9.59 Å². The summed E-state index contributed by atoms with van der Waals surface area (Å²) in [6, 6.07) is 13.2. The van der Waals surface area contributed by atoms with E-state index in [1.54, 1.807) is 4.57 Å². The summed E-state index contributed by atoms with van der Waals surface area (Å²) in [7, 11) is 0. The first-order chi connectivity index (χ1) is 15.9. The number of hydrogen-bond acceptors (Lipinski definition) is 6. The van der Waals surface area contributed by atoms with Gasteiger partial charge in [-0.05, 0) is 56.5 Å². The van der Waals surface area contributed by atoms with E-state index >= 15 is 0 Å². The minimum atomic E-state index is -0.356. The summed E-state index contributed by atoms with van der Waals surface area (Å²) in [6.45, 7) is 10.8. The largest absolute Gasteiger partial charge is 0.379 e. The van der Waals surface area contributed by atoms with Crippen LogP contribution in [0.3, 0.4) is 0 Å². The van der Waals surface area contributed by atoms with Gasteiger partial charge in [0.25, 0.3) is 5.56 Å². The number of hydrogen-bond donors (Lipinski definition) is 0. The van der Waals surface area contributed by atoms with Crippen LogP contribution in [-0.4, -0.2) is 58.3 Å². The van der Waals surface area contributed by atoms with Gasteiger partial charge in [-0.3, -0.25) is 19.1 Å². The lowest BCUT2D eigenvalue weighted by Crippen LogP contribution is -2.37. The number of benzene rings is 2. The zero-order valence-electron chi connectivity index (χ0n) is 19.5. The summed E-state index contributed by atoms with van der Waals surface area (Å²) < 4.78 is 7.17. The Balaban J connectivity index is 1.57. The van der Waals surface area contributed by atoms with Crippen LogP contribution in [0.5, 0.6) is 0 Å². The minimum Gasteiger partial charge on any atom is -0.379 e. The molecule has 174 valence electrons. The summed E-state index contributed by atoms with van der Waals surface area (Å²) in [6.07, 6.45) is 0.840. The first-order valence-electron chi connectivity index (χ1n) is 11.5. The summed E-state index contributed by atoms with van der Waals surface area (Å²) in [5, 5.41) is 0.859. The molecule has 0 radical (unpaired) electrons. The standard InChI is InChI=1S/C26H31N3O3S/c1-18-9-10-21(17-19(18)2)24(30)20(3)33-26-27-23-8-5-4-7-22(23)25(31)29(26)12-6-11-28-13-15-32-16-14-28/h4-5,7-10,17,20H,6,11-16H2,1-3H3. The van der Waals surface area contributed by atoms with Crippen molar-refractivity contribution in [2.24, 2.45) is 0 Å². The lowest BCUT2D eigenvalue weighted by atomic mass is 10.0. The molecule has 1 aliphatic heterocycles. The molecule has 0 amide bonds. The van der Waals surface area contributed by atoms with Crippen molar-refractivity contribution < 1.29 is 9.53 Å². The van der Waals surface area contributed by atoms with Crippen molar-refractivity contribution in [2.45, 2.75) is 44.1 Å². The molecule has 0 saturated carbocycles. The molecule has 0 bridgehead atoms. The smallest absolute Gasteiger partial charge is 0.262 e. The molecule has 4 rings (SSSR count). The molecule has 1 saturated heterocycles. The second-order valence-electron chi connectivity index (χ2n) is 8.60. The van der Waals surface area contributed by atoms with E-state index in [0.717, 1.165) is 50.4 Å². The van der Waals surface area contributed by atoms with Crippen LogP contribution in [0, 0.1) is 13.8 Å². The third-order valence-corrected chi connectivity index (χ3v) is 7.32. The van der Waals surface area contributed by atoms with Crippen LogP contribution in [0.4, 0.5) is 0 Å². The van der Waals surface area contributed by atoms with Crippen molar-refractivity contribution in [2.75, 3.05) is 32.8 Å². The van der Waals surface area contributed by atoms with Crippen molar-refractivity contribution in [3.05, 3.63) is 69.5 Å². The van der Waals surface area contributed by atoms with Gasteiger partial charge in [-0.15, -0.1) is 0 Å². The monoisotopic (exact) mass is 465 g/mol. The maximum Gasteiger partial charge on any atom is 0.262 e. The molecule has 6 nitrogen and oxygen atoms in total. The fourth-order valence-electron chi connectivity index (χ4n) is 4.05. The molecular formula is C26H31N3O3S. The number of para-hydroxylation sites is 1. The number of fused-ring (bicyclic) bond motifs is 1. The van der Waals surface area contributed by atoms with Gasteiger partial charge in [0, 0.05) is 31.7 Å². The van der Waals surface area contributed by atoms with Gasteiger partial charge in [0.15, 0.2) is 10.9 Å². The molecule has 0 aliphatic carbocycles. The number of ether oxygens (including phenoxy) is 1. The van der Waals surface area contributed by atoms with Crippen LogP contribution in [-0.2, 0) is 11.3 Å². The molecule has 1 aromatic heterocycles. The van der Waals surface area contributed by atoms with Gasteiger partial charge in [0.2, 0.25) is 0 Å². The predicted molar refractivity (Wildman–Crippen MR) is 133 cm³/mol. The van der Waals surface area contributed by atoms with E-state index in [0.29, 0.717) is 28.2 Å². The van der Waals surface area contributed by atoms with Gasteiger partial charge < -0.3 is 4.74 Å². The third kappa shape index (κ3) is 5.54. The van der Waals surface area contributed by atoms with Crippen LogP contribution < -0.4 is 5.56 Å². The molecule has 1 fully saturated rings. The van der Waals surface area contributed by atoms with Gasteiger partial charge in [0.05, 0.1) is 29.4 Å². The highest BCUT2D eigenvalue weighted by Crippen LogP contribution is 2.26. The quantitative estimate of drug-likeness (QED) is 0.284. The molecule has 1 aliphatic rings. The van der Waals surface area contributed by atoms with Crippen LogP contribution >= 0.6 is 11.8 Å². The first-order valence-corrected chi connectivity index (χ1v) is 12.4. The SMILES string of the molecule is Cc1ccc(C(=O)C(C)Sc2nc3ccccc3c(=O)n2CCCN2CCOCC2)cc1C. The molecule has 3 aromatic rings. The van der Waals surface area contributed by atoms with E-state index in [2.05, 4.69) is 4.90 Å². The average Bonchev–Trinajstić information content (AvgIpc) is 2.83. The van der Waals surface area contributed by atoms with Gasteiger partial charge in [0.1, 0.15) is 0 Å². The number of carbonyl (C=O) groups is 1. The molecule has 33 heavy (non-hydrogen) atoms. The maximum absolute atomic E-state index is 13.3. The van der Waals surface area contributed by atoms with Crippen molar-refractivity contribution in [3.63, 3.8) is 0 Å². The van der Waals surface area contributed by atoms with Gasteiger partial charge >= 0.3 is 0 Å². The van der Waals surface area contributed by atoms with Gasteiger partial charge in [-0.1, -0.05) is 36.0 Å². The maximum atomic E-state index is 13.3. The van der Waals surface area contributed by atoms with Crippen LogP contribution in [0.25, 0.3) is 10.9 Å². The Morgan fingerprint density at radius 3 is 2.61 bits per heavy atom. The topological polar surface area (TPSA) is 64.4 Å². The Morgan fingerprint density at radius 1 is 1.09 bits per heavy atom. The van der Waals surface area contributed by atoms with E-state index in [1.807, 2.05) is 63.2 Å². The Hall–Kier alpha value is -2.48. The van der Waals surface area contributed by atoms with E-state index in [1.165, 1.54) is 11.8 Å². The number of nitrogens with zero attached hydrogens (tertiary/aromatic N) is 3. The Kier molecular flexibility index (Phi) is 7.63. The molecule has 7 heteroatoms. The molecule has 0 N–H and O–H groups in total. The second kappa shape index (κ2) is 10.6. The summed E-state index contributed by atoms with van der Waals surface area (Å²) in [4.78, 5) is 33.6. The van der Waals surface area contributed by atoms with Crippen molar-refractivity contribution >= 4 is 28.4 Å². The molecule has 1 atom stereocenters. The van der Waals surface area contributed by atoms with E-state index in [4.69, 9.17) is 9.72 Å². The van der Waals surface area contributed by atoms with Crippen LogP contribution in [0.2, 0.25) is 0 Å². The number of aromatic nitrogens is 2. The minimum absolute atomic E-state index is 0.0455. The van der Waals surface area contributed by atoms with E-state index in [-0.39, 0.29) is 16.6 Å². The van der Waals surface area contributed by atoms with Crippen LogP contribution in [0.15, 0.2) is 52.4 Å². The number of Topliss-reactive ketones (excluding diaryl/α,β-unsaturated/α-hetero) is 1. The molecular weight excluding hydrogens is 434 g/mol. The summed E-state index contributed by atoms with van der Waals surface area (Å²) >= 11 is 1.37. The molecule has 2 aromatic carbocycles. The number of ketones is 1. The lowest BCUT2D eigenvalue weighted by molar-refractivity contribution is 0.0368. The first kappa shape index (κ1) is 23.7. The number of aryl methyl sites for hydroxylation is 2. The Morgan fingerprint density at radius 2 is 1.85 bits per heavy atom. The number of morpholine rings is 1. The highest BCUT2D eigenvalue weighted by atomic mass is 32.2. The van der Waals surface area contributed by atoms with E-state index < -0.39 is 0 Å². The number of carbonyl (C=O) groups excluding carboxylic acids is 1. The number of thioether (sulfide) groups is 1. The number of rotatable bonds is 8. The summed E-state index contributed by atoms with van der Waals surface area (Å²) in [5.74, 6) is 0.0466. The highest BCUT2D eigenvalue weighted by molar-refractivity contribution is 8.00. The van der Waals surface area contributed by atoms with Crippen LogP contribution in [0.1, 0.15) is 34.8 Å². The summed E-state index contributed by atoms with van der Waals surface area (Å²) in [5.41, 5.74) is 3.58. The normalized spacial score (nSPS) is 15.6. The Labute approximate surface area is 199 Å². The van der Waals surface area contributed by atoms with Gasteiger partial charge in [-0.2, -0.15) is 0 Å². The molecule has 2 heterocycles. The zero-order valence-corrected chi connectivity index (χ0v) is 20.4. The van der Waals surface area contributed by atoms with Crippen molar-refractivity contribution in [3.8, 4) is 0 Å². The molecule has 0 spiro atoms. The fraction of sp³-hybridized carbons (Fsp3) is 0.423.